The second kappa shape index (κ2) is 5.76. The lowest BCUT2D eigenvalue weighted by molar-refractivity contribution is 0.0954. The summed E-state index contributed by atoms with van der Waals surface area (Å²) in [5.41, 5.74) is 2.07. The molecule has 1 fully saturated rings. The molecule has 2 rings (SSSR count). The average molecular weight is 301 g/mol. The number of para-hydroxylation sites is 1. The van der Waals surface area contributed by atoms with E-state index in [1.807, 2.05) is 0 Å². The molecule has 1 heterocycles. The zero-order valence-corrected chi connectivity index (χ0v) is 11.5. The summed E-state index contributed by atoms with van der Waals surface area (Å²) >= 11 is 0. The monoisotopic (exact) mass is 301 g/mol. The Kier molecular flexibility index (Phi) is 4.24. The number of hydrogen-bond donors (Lipinski definition) is 3. The highest BCUT2D eigenvalue weighted by atomic mass is 32.2. The van der Waals surface area contributed by atoms with Gasteiger partial charge in [0, 0.05) is 6.54 Å². The summed E-state index contributed by atoms with van der Waals surface area (Å²) in [6.07, 6.45) is 1.15. The summed E-state index contributed by atoms with van der Waals surface area (Å²) in [7, 11) is -3.12. The third kappa shape index (κ3) is 2.91. The molecule has 1 saturated heterocycles. The maximum absolute atomic E-state index is 13.5. The topological polar surface area (TPSA) is 101 Å². The minimum absolute atomic E-state index is 0.0295. The molecule has 1 unspecified atom stereocenters. The second-order valence-corrected chi connectivity index (χ2v) is 7.05. The first-order chi connectivity index (χ1) is 9.45. The van der Waals surface area contributed by atoms with Crippen molar-refractivity contribution >= 4 is 21.4 Å². The van der Waals surface area contributed by atoms with E-state index in [0.717, 1.165) is 0 Å². The summed E-state index contributed by atoms with van der Waals surface area (Å²) in [6.45, 7) is 0.0295. The molecule has 0 bridgehead atoms. The first-order valence-electron chi connectivity index (χ1n) is 6.20. The Bertz CT molecular complexity index is 618. The van der Waals surface area contributed by atoms with Crippen LogP contribution in [0.2, 0.25) is 0 Å². The number of anilines is 1. The van der Waals surface area contributed by atoms with Crippen LogP contribution < -0.4 is 16.6 Å². The molecular weight excluding hydrogens is 285 g/mol. The van der Waals surface area contributed by atoms with Crippen LogP contribution in [0.25, 0.3) is 0 Å². The van der Waals surface area contributed by atoms with Crippen molar-refractivity contribution in [2.45, 2.75) is 18.1 Å². The molecule has 1 aliphatic heterocycles. The normalized spacial score (nSPS) is 20.6. The van der Waals surface area contributed by atoms with Crippen LogP contribution >= 0.6 is 0 Å². The van der Waals surface area contributed by atoms with E-state index in [4.69, 9.17) is 5.84 Å². The third-order valence-corrected chi connectivity index (χ3v) is 5.63. The van der Waals surface area contributed by atoms with Gasteiger partial charge in [0.1, 0.15) is 5.82 Å². The molecule has 1 atom stereocenters. The fraction of sp³-hybridized carbons (Fsp3) is 0.417. The zero-order valence-electron chi connectivity index (χ0n) is 10.7. The van der Waals surface area contributed by atoms with E-state index >= 15 is 0 Å². The molecule has 0 radical (unpaired) electrons. The number of carbonyl (C=O) groups excluding carboxylic acids is 1. The van der Waals surface area contributed by atoms with E-state index in [-0.39, 0.29) is 23.5 Å². The predicted octanol–water partition coefficient (Wildman–Crippen LogP) is 0.418. The molecule has 8 heteroatoms. The van der Waals surface area contributed by atoms with Gasteiger partial charge in [0.05, 0.1) is 22.3 Å². The molecule has 1 amide bonds. The van der Waals surface area contributed by atoms with Crippen molar-refractivity contribution in [2.24, 2.45) is 5.84 Å². The first kappa shape index (κ1) is 14.7. The summed E-state index contributed by atoms with van der Waals surface area (Å²) in [6, 6.07) is 3.97. The number of carbonyl (C=O) groups is 1. The molecular formula is C12H16FN3O3S. The van der Waals surface area contributed by atoms with E-state index in [1.54, 1.807) is 0 Å². The summed E-state index contributed by atoms with van der Waals surface area (Å²) < 4.78 is 36.7. The molecule has 20 heavy (non-hydrogen) atoms. The van der Waals surface area contributed by atoms with Crippen LogP contribution in [-0.2, 0) is 9.84 Å². The molecule has 0 saturated carbocycles. The van der Waals surface area contributed by atoms with Gasteiger partial charge in [-0.2, -0.15) is 0 Å². The Morgan fingerprint density at radius 2 is 2.20 bits per heavy atom. The Labute approximate surface area is 116 Å². The van der Waals surface area contributed by atoms with Crippen molar-refractivity contribution in [3.05, 3.63) is 29.6 Å². The number of halogens is 1. The quantitative estimate of drug-likeness (QED) is 0.552. The highest BCUT2D eigenvalue weighted by Crippen LogP contribution is 2.21. The van der Waals surface area contributed by atoms with E-state index in [9.17, 15) is 17.6 Å². The Balaban J connectivity index is 2.08. The summed E-state index contributed by atoms with van der Waals surface area (Å²) in [4.78, 5) is 12.0. The minimum Gasteiger partial charge on any atom is -0.351 e. The maximum Gasteiger partial charge on any atom is 0.253 e. The molecule has 1 aromatic rings. The van der Waals surface area contributed by atoms with E-state index in [0.29, 0.717) is 12.8 Å². The number of nitrogens with two attached hydrogens (primary N) is 1. The molecule has 0 aromatic heterocycles. The van der Waals surface area contributed by atoms with Gasteiger partial charge in [0.2, 0.25) is 0 Å². The van der Waals surface area contributed by atoms with Crippen LogP contribution in [0.1, 0.15) is 23.2 Å². The van der Waals surface area contributed by atoms with Crippen molar-refractivity contribution < 1.29 is 17.6 Å². The number of hydrazine groups is 1. The van der Waals surface area contributed by atoms with Gasteiger partial charge < -0.3 is 10.7 Å². The predicted molar refractivity (Wildman–Crippen MR) is 73.4 cm³/mol. The van der Waals surface area contributed by atoms with E-state index in [1.165, 1.54) is 18.2 Å². The Hall–Kier alpha value is -1.67. The van der Waals surface area contributed by atoms with Gasteiger partial charge in [-0.05, 0) is 25.0 Å². The third-order valence-electron chi connectivity index (χ3n) is 3.36. The molecule has 0 spiro atoms. The van der Waals surface area contributed by atoms with Crippen molar-refractivity contribution in [1.29, 1.82) is 0 Å². The molecule has 4 N–H and O–H groups in total. The summed E-state index contributed by atoms with van der Waals surface area (Å²) in [5.74, 6) is 4.14. The van der Waals surface area contributed by atoms with Crippen molar-refractivity contribution in [3.8, 4) is 0 Å². The lowest BCUT2D eigenvalue weighted by Gasteiger charge is -2.13. The highest BCUT2D eigenvalue weighted by molar-refractivity contribution is 7.92. The molecule has 110 valence electrons. The Morgan fingerprint density at radius 1 is 1.45 bits per heavy atom. The number of nitrogen functional groups attached to an aromatic ring is 1. The van der Waals surface area contributed by atoms with E-state index < -0.39 is 26.8 Å². The number of benzene rings is 1. The van der Waals surface area contributed by atoms with Crippen LogP contribution in [0.15, 0.2) is 18.2 Å². The van der Waals surface area contributed by atoms with Crippen LogP contribution in [0.5, 0.6) is 0 Å². The standard InChI is InChI=1S/C12H16FN3O3S/c13-10-5-1-4-9(11(10)16-14)12(17)15-7-8-3-2-6-20(8,18)19/h1,4-5,8,16H,2-3,6-7,14H2,(H,15,17). The highest BCUT2D eigenvalue weighted by Gasteiger charge is 2.31. The van der Waals surface area contributed by atoms with Crippen molar-refractivity contribution in [1.82, 2.24) is 5.32 Å². The van der Waals surface area contributed by atoms with Crippen molar-refractivity contribution in [3.63, 3.8) is 0 Å². The molecule has 1 aliphatic rings. The maximum atomic E-state index is 13.5. The number of hydrogen-bond acceptors (Lipinski definition) is 5. The van der Waals surface area contributed by atoms with Gasteiger partial charge in [0.15, 0.2) is 9.84 Å². The second-order valence-electron chi connectivity index (χ2n) is 4.65. The van der Waals surface area contributed by atoms with Gasteiger partial charge in [0.25, 0.3) is 5.91 Å². The minimum atomic E-state index is -3.12. The lowest BCUT2D eigenvalue weighted by Crippen LogP contribution is -2.35. The van der Waals surface area contributed by atoms with Gasteiger partial charge in [-0.25, -0.2) is 12.8 Å². The van der Waals surface area contributed by atoms with Gasteiger partial charge >= 0.3 is 0 Å². The average Bonchev–Trinajstić information content (AvgIpc) is 2.74. The molecule has 0 aliphatic carbocycles. The van der Waals surface area contributed by atoms with Crippen molar-refractivity contribution in [2.75, 3.05) is 17.7 Å². The number of amides is 1. The van der Waals surface area contributed by atoms with Crippen LogP contribution in [-0.4, -0.2) is 31.9 Å². The summed E-state index contributed by atoms with van der Waals surface area (Å²) in [5, 5.41) is 1.96. The number of rotatable bonds is 4. The largest absolute Gasteiger partial charge is 0.351 e. The smallest absolute Gasteiger partial charge is 0.253 e. The fourth-order valence-corrected chi connectivity index (χ4v) is 4.01. The van der Waals surface area contributed by atoms with Gasteiger partial charge in [-0.1, -0.05) is 6.07 Å². The zero-order chi connectivity index (χ0) is 14.8. The van der Waals surface area contributed by atoms with Crippen LogP contribution in [0, 0.1) is 5.82 Å². The van der Waals surface area contributed by atoms with Gasteiger partial charge in [-0.15, -0.1) is 0 Å². The molecule has 6 nitrogen and oxygen atoms in total. The number of nitrogens with one attached hydrogen (secondary N) is 2. The Morgan fingerprint density at radius 3 is 2.80 bits per heavy atom. The fourth-order valence-electron chi connectivity index (χ4n) is 2.25. The number of sulfone groups is 1. The molecule has 1 aromatic carbocycles. The van der Waals surface area contributed by atoms with Crippen LogP contribution in [0.4, 0.5) is 10.1 Å². The van der Waals surface area contributed by atoms with E-state index in [2.05, 4.69) is 10.7 Å². The lowest BCUT2D eigenvalue weighted by atomic mass is 10.1. The SMILES string of the molecule is NNc1c(F)cccc1C(=O)NCC1CCCS1(=O)=O. The first-order valence-corrected chi connectivity index (χ1v) is 7.92. The van der Waals surface area contributed by atoms with Crippen LogP contribution in [0.3, 0.4) is 0 Å². The van der Waals surface area contributed by atoms with Gasteiger partial charge in [-0.3, -0.25) is 10.6 Å².